The molecule has 0 bridgehead atoms. The molecule has 0 aromatic carbocycles. The molecule has 0 aliphatic heterocycles. The normalized spacial score (nSPS) is 39.6. The van der Waals surface area contributed by atoms with Gasteiger partial charge in [-0.15, -0.1) is 0 Å². The maximum absolute atomic E-state index is 14.5. The van der Waals surface area contributed by atoms with E-state index in [1.807, 2.05) is 7.11 Å². The highest BCUT2D eigenvalue weighted by atomic mass is 19.1. The number of fused-ring (bicyclic) bond motifs is 5. The highest BCUT2D eigenvalue weighted by molar-refractivity contribution is 5.85. The van der Waals surface area contributed by atoms with Gasteiger partial charge in [-0.1, -0.05) is 33.3 Å². The summed E-state index contributed by atoms with van der Waals surface area (Å²) in [5.74, 6) is 0.408. The predicted molar refractivity (Wildman–Crippen MR) is 116 cm³/mol. The number of carboxylic acids is 1. The van der Waals surface area contributed by atoms with Crippen LogP contribution in [0.25, 0.3) is 0 Å². The fraction of sp³-hybridized carbons (Fsp3) is 0.731. The summed E-state index contributed by atoms with van der Waals surface area (Å²) in [6.45, 7) is 6.83. The highest BCUT2D eigenvalue weighted by Crippen LogP contribution is 2.67. The van der Waals surface area contributed by atoms with Gasteiger partial charge in [-0.25, -0.2) is 4.79 Å². The van der Waals surface area contributed by atoms with Crippen molar-refractivity contribution in [3.05, 3.63) is 34.4 Å². The molecule has 0 saturated heterocycles. The van der Waals surface area contributed by atoms with Crippen molar-refractivity contribution < 1.29 is 19.0 Å². The maximum Gasteiger partial charge on any atom is 0.364 e. The molecule has 2 fully saturated rings. The van der Waals surface area contributed by atoms with Gasteiger partial charge in [0, 0.05) is 6.42 Å². The first-order valence-corrected chi connectivity index (χ1v) is 11.9. The molecule has 4 rings (SSSR count). The number of hydrogen-bond acceptors (Lipinski definition) is 2. The Kier molecular flexibility index (Phi) is 5.65. The first kappa shape index (κ1) is 21.6. The summed E-state index contributed by atoms with van der Waals surface area (Å²) in [4.78, 5) is 11.3. The minimum atomic E-state index is -1.39. The Balaban J connectivity index is 1.70. The first-order chi connectivity index (χ1) is 14.3. The minimum Gasteiger partial charge on any atom is -0.501 e. The van der Waals surface area contributed by atoms with E-state index >= 15 is 0 Å². The summed E-state index contributed by atoms with van der Waals surface area (Å²) in [6.07, 6.45) is 12.6. The number of carboxylic acid groups (broad SMARTS) is 1. The number of ether oxygens (including phenoxy) is 1. The van der Waals surface area contributed by atoms with Crippen LogP contribution in [0.3, 0.4) is 0 Å². The third kappa shape index (κ3) is 3.08. The zero-order chi connectivity index (χ0) is 21.7. The molecule has 30 heavy (non-hydrogen) atoms. The summed E-state index contributed by atoms with van der Waals surface area (Å²) < 4.78 is 20.3. The predicted octanol–water partition coefficient (Wildman–Crippen LogP) is 6.96. The van der Waals surface area contributed by atoms with Crippen molar-refractivity contribution >= 4 is 5.97 Å². The number of halogens is 1. The molecule has 0 aromatic heterocycles. The Morgan fingerprint density at radius 1 is 1.20 bits per heavy atom. The molecule has 0 radical (unpaired) electrons. The van der Waals surface area contributed by atoms with Crippen LogP contribution >= 0.6 is 0 Å². The molecule has 0 amide bonds. The summed E-state index contributed by atoms with van der Waals surface area (Å²) in [7, 11) is 1.81. The number of rotatable bonds is 5. The molecule has 1 N–H and O–H groups in total. The summed E-state index contributed by atoms with van der Waals surface area (Å²) in [5, 5.41) is 9.26. The van der Waals surface area contributed by atoms with Crippen molar-refractivity contribution in [3.63, 3.8) is 0 Å². The van der Waals surface area contributed by atoms with Crippen LogP contribution < -0.4 is 0 Å². The number of unbranched alkanes of at least 4 members (excludes halogenated alkanes) is 1. The van der Waals surface area contributed by atoms with E-state index in [2.05, 4.69) is 26.8 Å². The topological polar surface area (TPSA) is 46.5 Å². The van der Waals surface area contributed by atoms with E-state index in [-0.39, 0.29) is 10.8 Å². The fourth-order valence-corrected chi connectivity index (χ4v) is 7.71. The third-order valence-electron chi connectivity index (χ3n) is 9.26. The lowest BCUT2D eigenvalue weighted by molar-refractivity contribution is -0.134. The number of aliphatic carboxylic acids is 1. The third-order valence-corrected chi connectivity index (χ3v) is 9.26. The van der Waals surface area contributed by atoms with Gasteiger partial charge < -0.3 is 9.84 Å². The Morgan fingerprint density at radius 2 is 1.93 bits per heavy atom. The molecule has 4 heteroatoms. The zero-order valence-electron chi connectivity index (χ0n) is 19.0. The number of hydrogen-bond donors (Lipinski definition) is 1. The van der Waals surface area contributed by atoms with Gasteiger partial charge in [0.25, 0.3) is 0 Å². The molecule has 5 atom stereocenters. The fourth-order valence-electron chi connectivity index (χ4n) is 7.71. The van der Waals surface area contributed by atoms with Crippen molar-refractivity contribution in [2.45, 2.75) is 85.0 Å². The first-order valence-electron chi connectivity index (χ1n) is 11.9. The molecule has 0 spiro atoms. The largest absolute Gasteiger partial charge is 0.501 e. The molecule has 4 aliphatic rings. The van der Waals surface area contributed by atoms with E-state index in [9.17, 15) is 14.3 Å². The maximum atomic E-state index is 14.5. The molecule has 2 saturated carbocycles. The Bertz CT molecular complexity index is 822. The van der Waals surface area contributed by atoms with Gasteiger partial charge in [0.05, 0.1) is 12.9 Å². The lowest BCUT2D eigenvalue weighted by Crippen LogP contribution is -2.49. The van der Waals surface area contributed by atoms with Gasteiger partial charge in [-0.2, -0.15) is 4.39 Å². The number of carbonyl (C=O) groups is 1. The van der Waals surface area contributed by atoms with Crippen molar-refractivity contribution in [2.75, 3.05) is 7.11 Å². The molecular weight excluding hydrogens is 379 g/mol. The average Bonchev–Trinajstić information content (AvgIpc) is 3.08. The smallest absolute Gasteiger partial charge is 0.364 e. The Hall–Kier alpha value is -1.58. The average molecular weight is 417 g/mol. The second kappa shape index (κ2) is 7.84. The van der Waals surface area contributed by atoms with Gasteiger partial charge in [-0.05, 0) is 96.7 Å². The molecule has 0 aromatic rings. The molecule has 0 unspecified atom stereocenters. The Labute approximate surface area is 180 Å². The van der Waals surface area contributed by atoms with Crippen molar-refractivity contribution in [1.29, 1.82) is 0 Å². The Morgan fingerprint density at radius 3 is 2.60 bits per heavy atom. The van der Waals surface area contributed by atoms with E-state index in [0.717, 1.165) is 44.9 Å². The van der Waals surface area contributed by atoms with Crippen LogP contribution in [-0.4, -0.2) is 18.2 Å². The number of allylic oxidation sites excluding steroid dienone is 5. The summed E-state index contributed by atoms with van der Waals surface area (Å²) >= 11 is 0. The van der Waals surface area contributed by atoms with E-state index < -0.39 is 11.8 Å². The number of methoxy groups -OCH3 is 1. The molecule has 3 nitrogen and oxygen atoms in total. The lowest BCUT2D eigenvalue weighted by Gasteiger charge is -2.57. The molecule has 0 heterocycles. The molecular formula is C26H37FO3. The summed E-state index contributed by atoms with van der Waals surface area (Å²) in [6, 6.07) is 0. The van der Waals surface area contributed by atoms with Crippen molar-refractivity contribution in [3.8, 4) is 0 Å². The van der Waals surface area contributed by atoms with E-state index in [0.29, 0.717) is 29.7 Å². The van der Waals surface area contributed by atoms with Gasteiger partial charge in [0.15, 0.2) is 0 Å². The van der Waals surface area contributed by atoms with Crippen LogP contribution in [0, 0.1) is 28.6 Å². The molecule has 166 valence electrons. The zero-order valence-corrected chi connectivity index (χ0v) is 19.0. The summed E-state index contributed by atoms with van der Waals surface area (Å²) in [5.41, 5.74) is 3.41. The van der Waals surface area contributed by atoms with Crippen LogP contribution in [0.4, 0.5) is 4.39 Å². The van der Waals surface area contributed by atoms with E-state index in [1.54, 1.807) is 0 Å². The van der Waals surface area contributed by atoms with Gasteiger partial charge in [0.1, 0.15) is 0 Å². The monoisotopic (exact) mass is 416 g/mol. The van der Waals surface area contributed by atoms with Crippen LogP contribution in [0.1, 0.15) is 85.0 Å². The van der Waals surface area contributed by atoms with Crippen LogP contribution in [0.2, 0.25) is 0 Å². The van der Waals surface area contributed by atoms with Crippen molar-refractivity contribution in [1.82, 2.24) is 0 Å². The van der Waals surface area contributed by atoms with Gasteiger partial charge in [-0.3, -0.25) is 0 Å². The standard InChI is InChI=1S/C26H37FO3/c1-5-6-7-17-19-9-8-16-18-10-11-21(23(27)24(28)29)26(18,3)14-12-20(16)25(19,2)15-13-22(17)30-4/h9,16,18,20H,5-8,10-15H2,1-4H3,(H,28,29)/t16-,18-,20-,25-,26-/m0/s1. The van der Waals surface area contributed by atoms with Crippen molar-refractivity contribution in [2.24, 2.45) is 28.6 Å². The highest BCUT2D eigenvalue weighted by Gasteiger charge is 2.58. The van der Waals surface area contributed by atoms with E-state index in [1.165, 1.54) is 29.7 Å². The van der Waals surface area contributed by atoms with Crippen LogP contribution in [-0.2, 0) is 9.53 Å². The quantitative estimate of drug-likeness (QED) is 0.493. The minimum absolute atomic E-state index is 0.160. The van der Waals surface area contributed by atoms with Crippen LogP contribution in [0.5, 0.6) is 0 Å². The van der Waals surface area contributed by atoms with Gasteiger partial charge in [0.2, 0.25) is 5.83 Å². The SMILES string of the molecule is CCCCC1=C(OC)CC[C@@]2(C)C1=CC[C@@H]1[C@@H]2CC[C@]2(C)C(=C(F)C(=O)O)CC[C@@H]12. The second-order valence-corrected chi connectivity index (χ2v) is 10.4. The van der Waals surface area contributed by atoms with E-state index in [4.69, 9.17) is 4.74 Å². The lowest BCUT2D eigenvalue weighted by atomic mass is 9.47. The van der Waals surface area contributed by atoms with Gasteiger partial charge >= 0.3 is 5.97 Å². The second-order valence-electron chi connectivity index (χ2n) is 10.4. The molecule has 4 aliphatic carbocycles. The van der Waals surface area contributed by atoms with Crippen LogP contribution in [0.15, 0.2) is 34.4 Å².